The third-order valence-electron chi connectivity index (χ3n) is 1.66. The molecule has 0 aliphatic rings. The fourth-order valence-corrected chi connectivity index (χ4v) is 1.09. The summed E-state index contributed by atoms with van der Waals surface area (Å²) in [5.41, 5.74) is 1.05. The van der Waals surface area contributed by atoms with E-state index in [0.29, 0.717) is 0 Å². The van der Waals surface area contributed by atoms with Gasteiger partial charge in [-0.15, -0.1) is 0 Å². The van der Waals surface area contributed by atoms with Crippen LogP contribution in [-0.4, -0.2) is 9.97 Å². The molecule has 0 N–H and O–H groups in total. The van der Waals surface area contributed by atoms with Gasteiger partial charge in [-0.2, -0.15) is 0 Å². The molecule has 2 heterocycles. The molecule has 0 saturated carbocycles. The Balaban J connectivity index is 0.000000442. The average Bonchev–Trinajstić information content (AvgIpc) is 2.34. The fraction of sp³-hybridized carbons (Fsp3) is 0.385. The van der Waals surface area contributed by atoms with E-state index in [4.69, 9.17) is 0 Å². The molecule has 0 aliphatic carbocycles. The van der Waals surface area contributed by atoms with Crippen LogP contribution in [0.2, 0.25) is 0 Å². The highest BCUT2D eigenvalue weighted by Gasteiger charge is 1.91. The highest BCUT2D eigenvalue weighted by Crippen LogP contribution is 2.10. The van der Waals surface area contributed by atoms with Crippen molar-refractivity contribution in [3.05, 3.63) is 36.4 Å². The number of aromatic nitrogens is 2. The summed E-state index contributed by atoms with van der Waals surface area (Å²) < 4.78 is 0. The normalized spacial score (nSPS) is 8.33. The molecule has 0 fully saturated rings. The number of rotatable bonds is 0. The van der Waals surface area contributed by atoms with Gasteiger partial charge in [-0.1, -0.05) is 27.7 Å². The summed E-state index contributed by atoms with van der Waals surface area (Å²) >= 11 is 0. The van der Waals surface area contributed by atoms with Gasteiger partial charge in [-0.25, -0.2) is 0 Å². The maximum atomic E-state index is 4.17. The maximum absolute atomic E-state index is 4.17. The molecule has 0 amide bonds. The smallest absolute Gasteiger partial charge is 0.0379 e. The summed E-state index contributed by atoms with van der Waals surface area (Å²) in [5.74, 6) is 0. The Morgan fingerprint density at radius 1 is 0.933 bits per heavy atom. The minimum Gasteiger partial charge on any atom is -0.264 e. The van der Waals surface area contributed by atoms with Crippen molar-refractivity contribution >= 4 is 10.8 Å². The van der Waals surface area contributed by atoms with E-state index in [9.17, 15) is 0 Å². The lowest BCUT2D eigenvalue weighted by molar-refractivity contribution is 1.22. The first kappa shape index (κ1) is 13.6. The van der Waals surface area contributed by atoms with E-state index >= 15 is 0 Å². The molecule has 2 heteroatoms. The lowest BCUT2D eigenvalue weighted by Gasteiger charge is -1.95. The lowest BCUT2D eigenvalue weighted by atomic mass is 10.2. The van der Waals surface area contributed by atoms with Crippen LogP contribution in [0.25, 0.3) is 10.8 Å². The van der Waals surface area contributed by atoms with Gasteiger partial charge in [0, 0.05) is 29.7 Å². The van der Waals surface area contributed by atoms with Crippen LogP contribution < -0.4 is 0 Å². The first-order valence-corrected chi connectivity index (χ1v) is 5.52. The molecule has 0 aromatic carbocycles. The van der Waals surface area contributed by atoms with Crippen LogP contribution in [-0.2, 0) is 0 Å². The summed E-state index contributed by atoms with van der Waals surface area (Å²) in [6, 6.07) is 4.04. The average molecular weight is 204 g/mol. The second kappa shape index (κ2) is 7.92. The monoisotopic (exact) mass is 204 g/mol. The standard InChI is InChI=1S/C9H8N2.2C2H6/c1-7-4-8-2-3-10-5-9(8)6-11-7;2*1-2/h2-6H,1H3;2*1-2H3. The Hall–Kier alpha value is -1.44. The molecule has 0 aliphatic heterocycles. The number of fused-ring (bicyclic) bond motifs is 1. The predicted molar refractivity (Wildman–Crippen MR) is 67.0 cm³/mol. The zero-order chi connectivity index (χ0) is 11.7. The van der Waals surface area contributed by atoms with Gasteiger partial charge in [0.25, 0.3) is 0 Å². The third kappa shape index (κ3) is 4.07. The Morgan fingerprint density at radius 3 is 2.27 bits per heavy atom. The van der Waals surface area contributed by atoms with Crippen LogP contribution in [0.1, 0.15) is 33.4 Å². The number of nitrogens with zero attached hydrogens (tertiary/aromatic N) is 2. The van der Waals surface area contributed by atoms with Crippen molar-refractivity contribution in [3.8, 4) is 0 Å². The van der Waals surface area contributed by atoms with Crippen molar-refractivity contribution in [2.45, 2.75) is 34.6 Å². The number of hydrogen-bond acceptors (Lipinski definition) is 2. The van der Waals surface area contributed by atoms with Gasteiger partial charge < -0.3 is 0 Å². The second-order valence-electron chi connectivity index (χ2n) is 2.55. The summed E-state index contributed by atoms with van der Waals surface area (Å²) in [6.07, 6.45) is 5.46. The Morgan fingerprint density at radius 2 is 1.60 bits per heavy atom. The molecule has 0 atom stereocenters. The van der Waals surface area contributed by atoms with Gasteiger partial charge in [-0.3, -0.25) is 9.97 Å². The summed E-state index contributed by atoms with van der Waals surface area (Å²) in [6.45, 7) is 9.99. The molecule has 0 bridgehead atoms. The van der Waals surface area contributed by atoms with Gasteiger partial charge in [0.05, 0.1) is 0 Å². The third-order valence-corrected chi connectivity index (χ3v) is 1.66. The van der Waals surface area contributed by atoms with Crippen molar-refractivity contribution in [2.24, 2.45) is 0 Å². The van der Waals surface area contributed by atoms with Crippen LogP contribution in [0.3, 0.4) is 0 Å². The van der Waals surface area contributed by atoms with Gasteiger partial charge in [0.15, 0.2) is 0 Å². The molecule has 0 spiro atoms. The summed E-state index contributed by atoms with van der Waals surface area (Å²) in [7, 11) is 0. The van der Waals surface area contributed by atoms with Gasteiger partial charge in [-0.05, 0) is 24.4 Å². The SMILES string of the molecule is CC.CC.Cc1cc2ccncc2cn1. The van der Waals surface area contributed by atoms with Gasteiger partial charge in [0.1, 0.15) is 0 Å². The topological polar surface area (TPSA) is 25.8 Å². The molecule has 0 radical (unpaired) electrons. The van der Waals surface area contributed by atoms with E-state index in [2.05, 4.69) is 16.0 Å². The predicted octanol–water partition coefficient (Wildman–Crippen LogP) is 3.99. The number of aryl methyl sites for hydroxylation is 1. The Kier molecular flexibility index (Phi) is 7.16. The van der Waals surface area contributed by atoms with E-state index in [1.807, 2.05) is 53.1 Å². The molecule has 82 valence electrons. The molecule has 15 heavy (non-hydrogen) atoms. The minimum absolute atomic E-state index is 1.05. The van der Waals surface area contributed by atoms with E-state index in [1.54, 1.807) is 6.20 Å². The second-order valence-corrected chi connectivity index (χ2v) is 2.55. The molecule has 2 aromatic heterocycles. The lowest BCUT2D eigenvalue weighted by Crippen LogP contribution is -1.81. The Bertz CT molecular complexity index is 383. The minimum atomic E-state index is 1.05. The Labute approximate surface area is 92.4 Å². The molecule has 2 aromatic rings. The fourth-order valence-electron chi connectivity index (χ4n) is 1.09. The van der Waals surface area contributed by atoms with Crippen LogP contribution in [0.4, 0.5) is 0 Å². The highest BCUT2D eigenvalue weighted by atomic mass is 14.7. The zero-order valence-corrected chi connectivity index (χ0v) is 10.3. The number of hydrogen-bond donors (Lipinski definition) is 0. The zero-order valence-electron chi connectivity index (χ0n) is 10.3. The summed E-state index contributed by atoms with van der Waals surface area (Å²) in [4.78, 5) is 8.17. The van der Waals surface area contributed by atoms with Crippen molar-refractivity contribution in [1.29, 1.82) is 0 Å². The van der Waals surface area contributed by atoms with Crippen LogP contribution >= 0.6 is 0 Å². The van der Waals surface area contributed by atoms with Crippen molar-refractivity contribution in [2.75, 3.05) is 0 Å². The first-order chi connectivity index (χ1) is 7.36. The van der Waals surface area contributed by atoms with E-state index < -0.39 is 0 Å². The van der Waals surface area contributed by atoms with Gasteiger partial charge >= 0.3 is 0 Å². The van der Waals surface area contributed by atoms with Crippen molar-refractivity contribution in [1.82, 2.24) is 9.97 Å². The molecule has 0 unspecified atom stereocenters. The molecule has 2 rings (SSSR count). The largest absolute Gasteiger partial charge is 0.264 e. The van der Waals surface area contributed by atoms with Crippen molar-refractivity contribution in [3.63, 3.8) is 0 Å². The maximum Gasteiger partial charge on any atom is 0.0379 e. The summed E-state index contributed by atoms with van der Waals surface area (Å²) in [5, 5.41) is 2.30. The van der Waals surface area contributed by atoms with Gasteiger partial charge in [0.2, 0.25) is 0 Å². The van der Waals surface area contributed by atoms with E-state index in [1.165, 1.54) is 5.39 Å². The van der Waals surface area contributed by atoms with E-state index in [0.717, 1.165) is 11.1 Å². The van der Waals surface area contributed by atoms with E-state index in [-0.39, 0.29) is 0 Å². The highest BCUT2D eigenvalue weighted by molar-refractivity contribution is 5.80. The molecular formula is C13H20N2. The molecule has 0 saturated heterocycles. The quantitative estimate of drug-likeness (QED) is 0.648. The number of pyridine rings is 2. The molecule has 2 nitrogen and oxygen atoms in total. The van der Waals surface area contributed by atoms with Crippen LogP contribution in [0.15, 0.2) is 30.7 Å². The van der Waals surface area contributed by atoms with Crippen LogP contribution in [0.5, 0.6) is 0 Å². The van der Waals surface area contributed by atoms with Crippen molar-refractivity contribution < 1.29 is 0 Å². The first-order valence-electron chi connectivity index (χ1n) is 5.52. The molecular weight excluding hydrogens is 184 g/mol. The van der Waals surface area contributed by atoms with Crippen LogP contribution in [0, 0.1) is 6.92 Å².